The lowest BCUT2D eigenvalue weighted by molar-refractivity contribution is -0.140. The van der Waals surface area contributed by atoms with Crippen LogP contribution in [0.3, 0.4) is 0 Å². The van der Waals surface area contributed by atoms with Crippen molar-refractivity contribution in [2.75, 3.05) is 104 Å². The van der Waals surface area contributed by atoms with Gasteiger partial charge in [-0.2, -0.15) is 11.8 Å². The molecule has 6 atom stereocenters. The van der Waals surface area contributed by atoms with Gasteiger partial charge in [-0.15, -0.1) is 0 Å². The first-order valence-electron chi connectivity index (χ1n) is 34.6. The third-order valence-electron chi connectivity index (χ3n) is 16.8. The van der Waals surface area contributed by atoms with Gasteiger partial charge in [0.15, 0.2) is 6.61 Å². The smallest absolute Gasteiger partial charge is 0.317 e. The second-order valence-corrected chi connectivity index (χ2v) is 27.2. The predicted molar refractivity (Wildman–Crippen MR) is 388 cm³/mol. The zero-order chi connectivity index (χ0) is 78.0. The fourth-order valence-electron chi connectivity index (χ4n) is 11.1. The fourth-order valence-corrected chi connectivity index (χ4v) is 11.5. The Morgan fingerprint density at radius 1 is 0.594 bits per heavy atom. The third-order valence-corrected chi connectivity index (χ3v) is 17.4. The van der Waals surface area contributed by atoms with Crippen molar-refractivity contribution in [2.24, 2.45) is 23.3 Å². The number of hydrogen-bond acceptors (Lipinski definition) is 21. The number of ether oxygens (including phenoxy) is 1. The number of nitrogens with two attached hydrogens (primary N) is 2. The van der Waals surface area contributed by atoms with Crippen LogP contribution in [0.4, 0.5) is 0 Å². The van der Waals surface area contributed by atoms with Crippen molar-refractivity contribution < 1.29 is 87.2 Å². The van der Waals surface area contributed by atoms with E-state index in [4.69, 9.17) is 16.2 Å². The number of imidazole rings is 1. The third kappa shape index (κ3) is 31.4. The average Bonchev–Trinajstić information content (AvgIpc) is 1.66. The molecule has 2 aromatic heterocycles. The minimum atomic E-state index is -1.46. The number of primary amides is 2. The standard InChI is InChI=1S/C69H100N18O18S/c1-41(2)29-52(67(102)80-50(63(71)98)18-28-106-6)81-68(103)54(31-46-34-72-40-76-46)79-56(89)17-19-73-69(104)62(42(3)4)83-64(99)43(5)77-66(101)53(30-45-33-74-49-10-8-7-9-48(45)49)82-65(100)51(15-16-55(70)88)78-58(91)39-105-47-13-11-44(12-14-47)32-75-57(90)35-84-20-22-85(36-59(92)93)24-26-87(38-61(96)97)27-25-86(23-21-84)37-60(94)95/h7-14,29,33-34,40-43,50-51,53-54,62,74H,15-28,30-32,35-39H2,1-6H3,(H2,70,88)(H2,71,98)(H,72,76)(H,73,104)(H,75,90)(H,77,101)(H,78,91)(H,79,89)(H,80,102)(H,81,103)(H,82,100)(H,83,99)(H,92,93)(H,94,95)(H,96,97)/b52-29+/t43-,50?,51?,53?,54?,62?/m0/s1. The van der Waals surface area contributed by atoms with Gasteiger partial charge in [0, 0.05) is 120 Å². The van der Waals surface area contributed by atoms with E-state index in [0.29, 0.717) is 33.5 Å². The molecule has 106 heavy (non-hydrogen) atoms. The molecular weight excluding hydrogens is 1400 g/mol. The number of nitrogens with one attached hydrogen (secondary N) is 11. The van der Waals surface area contributed by atoms with Gasteiger partial charge < -0.3 is 89.3 Å². The number of thioether (sulfide) groups is 1. The lowest BCUT2D eigenvalue weighted by Gasteiger charge is -2.32. The zero-order valence-electron chi connectivity index (χ0n) is 60.4. The van der Waals surface area contributed by atoms with E-state index in [1.165, 1.54) is 49.4 Å². The first-order valence-corrected chi connectivity index (χ1v) is 36.0. The molecule has 0 aliphatic carbocycles. The minimum absolute atomic E-state index is 0.0605. The summed E-state index contributed by atoms with van der Waals surface area (Å²) in [5, 5.41) is 53.1. The van der Waals surface area contributed by atoms with E-state index >= 15 is 0 Å². The van der Waals surface area contributed by atoms with Crippen LogP contribution in [0.2, 0.25) is 0 Å². The summed E-state index contributed by atoms with van der Waals surface area (Å²) in [5.41, 5.74) is 13.2. The van der Waals surface area contributed by atoms with Crippen LogP contribution < -0.4 is 64.1 Å². The topological polar surface area (TPSA) is 527 Å². The number of H-pyrrole nitrogens is 2. The van der Waals surface area contributed by atoms with Crippen LogP contribution in [-0.4, -0.2) is 273 Å². The number of amides is 11. The highest BCUT2D eigenvalue weighted by molar-refractivity contribution is 7.98. The molecule has 0 bridgehead atoms. The van der Waals surface area contributed by atoms with Crippen LogP contribution in [0.25, 0.3) is 10.9 Å². The summed E-state index contributed by atoms with van der Waals surface area (Å²) < 4.78 is 5.74. The quantitative estimate of drug-likeness (QED) is 0.0198. The molecule has 37 heteroatoms. The van der Waals surface area contributed by atoms with E-state index < -0.39 is 126 Å². The molecule has 11 amide bonds. The van der Waals surface area contributed by atoms with E-state index in [0.717, 1.165) is 0 Å². The maximum Gasteiger partial charge on any atom is 0.317 e. The maximum absolute atomic E-state index is 14.4. The number of hydrogen-bond donors (Lipinski definition) is 16. The molecule has 0 spiro atoms. The predicted octanol–water partition coefficient (Wildman–Crippen LogP) is -2.90. The molecule has 5 rings (SSSR count). The number of nitrogens with zero attached hydrogens (tertiary/aromatic N) is 5. The Bertz CT molecular complexity index is 3650. The Hall–Kier alpha value is -10.5. The highest BCUT2D eigenvalue weighted by Gasteiger charge is 2.33. The van der Waals surface area contributed by atoms with Gasteiger partial charge in [-0.1, -0.05) is 64.1 Å². The van der Waals surface area contributed by atoms with Crippen molar-refractivity contribution in [1.82, 2.24) is 82.4 Å². The van der Waals surface area contributed by atoms with Crippen LogP contribution in [0.5, 0.6) is 5.75 Å². The number of carboxylic acid groups (broad SMARTS) is 3. The second kappa shape index (κ2) is 44.3. The number of rotatable bonds is 42. The van der Waals surface area contributed by atoms with Crippen molar-refractivity contribution in [2.45, 2.75) is 116 Å². The summed E-state index contributed by atoms with van der Waals surface area (Å²) in [6.45, 7) is 8.06. The van der Waals surface area contributed by atoms with E-state index in [9.17, 15) is 82.4 Å². The zero-order valence-corrected chi connectivity index (χ0v) is 61.2. The molecule has 2 aromatic carbocycles. The molecule has 36 nitrogen and oxygen atoms in total. The van der Waals surface area contributed by atoms with Crippen molar-refractivity contribution in [3.05, 3.63) is 95.8 Å². The van der Waals surface area contributed by atoms with Gasteiger partial charge in [0.05, 0.1) is 32.5 Å². The number of fused-ring (bicyclic) bond motifs is 1. The molecule has 3 heterocycles. The van der Waals surface area contributed by atoms with E-state index in [-0.39, 0.29) is 153 Å². The number of aromatic amines is 2. The Labute approximate surface area is 617 Å². The first kappa shape index (κ1) is 86.1. The minimum Gasteiger partial charge on any atom is -0.484 e. The van der Waals surface area contributed by atoms with Gasteiger partial charge in [0.25, 0.3) is 11.8 Å². The number of benzene rings is 2. The lowest BCUT2D eigenvalue weighted by atomic mass is 10.0. The highest BCUT2D eigenvalue weighted by Crippen LogP contribution is 2.20. The van der Waals surface area contributed by atoms with E-state index in [2.05, 4.69) is 62.8 Å². The summed E-state index contributed by atoms with van der Waals surface area (Å²) in [4.78, 5) is 200. The van der Waals surface area contributed by atoms with Gasteiger partial charge in [-0.3, -0.25) is 86.7 Å². The monoisotopic (exact) mass is 1500 g/mol. The van der Waals surface area contributed by atoms with Crippen LogP contribution in [0.15, 0.2) is 79.0 Å². The number of carboxylic acids is 3. The van der Waals surface area contributed by atoms with Crippen LogP contribution in [0, 0.1) is 11.8 Å². The lowest BCUT2D eigenvalue weighted by Crippen LogP contribution is -2.59. The molecule has 0 radical (unpaired) electrons. The summed E-state index contributed by atoms with van der Waals surface area (Å²) in [5.74, 6) is -11.6. The fraction of sp³-hybridized carbons (Fsp3) is 0.522. The van der Waals surface area contributed by atoms with Gasteiger partial charge in [0.2, 0.25) is 53.2 Å². The van der Waals surface area contributed by atoms with Crippen molar-refractivity contribution in [3.8, 4) is 5.75 Å². The van der Waals surface area contributed by atoms with Crippen LogP contribution in [0.1, 0.15) is 77.1 Å². The van der Waals surface area contributed by atoms with Gasteiger partial charge in [0.1, 0.15) is 47.7 Å². The molecule has 4 aromatic rings. The number of carbonyl (C=O) groups excluding carboxylic acids is 11. The number of carbonyl (C=O) groups is 14. The molecule has 1 aliphatic heterocycles. The Balaban J connectivity index is 1.18. The largest absolute Gasteiger partial charge is 0.484 e. The Morgan fingerprint density at radius 2 is 1.17 bits per heavy atom. The molecule has 1 aliphatic rings. The molecule has 580 valence electrons. The van der Waals surface area contributed by atoms with Gasteiger partial charge in [-0.25, -0.2) is 4.98 Å². The molecule has 5 unspecified atom stereocenters. The molecular formula is C69H100N18O18S. The second-order valence-electron chi connectivity index (χ2n) is 26.2. The Kier molecular flexibility index (Phi) is 36.0. The van der Waals surface area contributed by atoms with E-state index in [1.807, 2.05) is 6.26 Å². The first-order chi connectivity index (χ1) is 50.4. The average molecular weight is 1500 g/mol. The van der Waals surface area contributed by atoms with E-state index in [1.54, 1.807) is 89.9 Å². The molecule has 0 saturated carbocycles. The SMILES string of the molecule is CSCCC(NC(=O)/C(=C\C(C)C)NC(=O)C(Cc1cnc[nH]1)NC(=O)CCNC(=O)C(NC(=O)[C@H](C)NC(=O)C(Cc1c[nH]c2ccccc12)NC(=O)C(CCC(N)=O)NC(=O)COc1ccc(CNC(=O)CN2CCN(CC(=O)O)CCN(CC(=O)O)CCN(CC(=O)O)CC2)cc1)C(C)C)C(N)=O. The summed E-state index contributed by atoms with van der Waals surface area (Å²) in [6, 6.07) is 5.74. The molecule has 1 fully saturated rings. The number of aromatic nitrogens is 3. The van der Waals surface area contributed by atoms with Crippen molar-refractivity contribution in [1.29, 1.82) is 0 Å². The Morgan fingerprint density at radius 3 is 1.72 bits per heavy atom. The van der Waals surface area contributed by atoms with Crippen LogP contribution in [-0.2, 0) is 86.5 Å². The van der Waals surface area contributed by atoms with Crippen LogP contribution >= 0.6 is 11.8 Å². The molecule has 18 N–H and O–H groups in total. The summed E-state index contributed by atoms with van der Waals surface area (Å²) in [7, 11) is 0. The highest BCUT2D eigenvalue weighted by atomic mass is 32.2. The maximum atomic E-state index is 14.4. The van der Waals surface area contributed by atoms with Crippen molar-refractivity contribution in [3.63, 3.8) is 0 Å². The number of para-hydroxylation sites is 1. The van der Waals surface area contributed by atoms with Gasteiger partial charge in [-0.05, 0) is 72.9 Å². The van der Waals surface area contributed by atoms with Crippen molar-refractivity contribution >= 4 is 106 Å². The summed E-state index contributed by atoms with van der Waals surface area (Å²) >= 11 is 1.45. The van der Waals surface area contributed by atoms with Gasteiger partial charge >= 0.3 is 17.9 Å². The number of aliphatic carboxylic acids is 3. The normalized spacial score (nSPS) is 15.3. The molecule has 1 saturated heterocycles. The number of allylic oxidation sites excluding steroid dienone is 1. The summed E-state index contributed by atoms with van der Waals surface area (Å²) in [6.07, 6.45) is 6.74.